The molecule has 0 aliphatic heterocycles. The van der Waals surface area contributed by atoms with Crippen LogP contribution in [0.5, 0.6) is 0 Å². The number of benzene rings is 2. The first-order chi connectivity index (χ1) is 13.1. The summed E-state index contributed by atoms with van der Waals surface area (Å²) in [6.45, 7) is 0. The maximum atomic E-state index is 12.1. The number of halogens is 1. The molecule has 3 rings (SSSR count). The fraction of sp³-hybridized carbons (Fsp3) is 0.0526. The third-order valence-corrected chi connectivity index (χ3v) is 4.67. The third kappa shape index (κ3) is 5.54. The van der Waals surface area contributed by atoms with Crippen LogP contribution in [0.15, 0.2) is 71.8 Å². The van der Waals surface area contributed by atoms with E-state index in [1.807, 2.05) is 6.07 Å². The van der Waals surface area contributed by atoms with Crippen molar-refractivity contribution in [1.29, 1.82) is 0 Å². The predicted molar refractivity (Wildman–Crippen MR) is 107 cm³/mol. The van der Waals surface area contributed by atoms with Crippen LogP contribution in [0.4, 0.5) is 11.5 Å². The van der Waals surface area contributed by atoms with Crippen LogP contribution in [0.3, 0.4) is 0 Å². The molecule has 0 radical (unpaired) electrons. The maximum Gasteiger partial charge on any atom is 0.256 e. The predicted octanol–water partition coefficient (Wildman–Crippen LogP) is 4.11. The van der Waals surface area contributed by atoms with Crippen molar-refractivity contribution in [1.82, 2.24) is 10.2 Å². The van der Waals surface area contributed by atoms with Gasteiger partial charge in [-0.05, 0) is 36.4 Å². The monoisotopic (exact) mass is 398 g/mol. The number of carbonyl (C=O) groups is 2. The number of nitrogens with zero attached hydrogens (tertiary/aromatic N) is 2. The Morgan fingerprint density at radius 1 is 0.889 bits per heavy atom. The molecular weight excluding hydrogens is 384 g/mol. The van der Waals surface area contributed by atoms with Gasteiger partial charge < -0.3 is 10.6 Å². The van der Waals surface area contributed by atoms with Crippen molar-refractivity contribution >= 4 is 46.7 Å². The van der Waals surface area contributed by atoms with Crippen molar-refractivity contribution in [2.24, 2.45) is 0 Å². The Balaban J connectivity index is 1.51. The van der Waals surface area contributed by atoms with Crippen LogP contribution in [0.1, 0.15) is 10.4 Å². The molecule has 6 nitrogen and oxygen atoms in total. The van der Waals surface area contributed by atoms with Gasteiger partial charge in [0, 0.05) is 5.56 Å². The zero-order valence-electron chi connectivity index (χ0n) is 14.1. The lowest BCUT2D eigenvalue weighted by molar-refractivity contribution is -0.113. The molecule has 1 aromatic heterocycles. The van der Waals surface area contributed by atoms with Crippen LogP contribution in [0, 0.1) is 0 Å². The van der Waals surface area contributed by atoms with E-state index in [0.717, 1.165) is 0 Å². The molecule has 2 N–H and O–H groups in total. The van der Waals surface area contributed by atoms with Crippen molar-refractivity contribution in [2.75, 3.05) is 16.4 Å². The molecule has 136 valence electrons. The van der Waals surface area contributed by atoms with E-state index in [-0.39, 0.29) is 17.6 Å². The Bertz CT molecular complexity index is 936. The molecule has 0 saturated heterocycles. The molecule has 2 amide bonds. The Morgan fingerprint density at radius 3 is 2.33 bits per heavy atom. The molecule has 1 heterocycles. The zero-order valence-corrected chi connectivity index (χ0v) is 15.6. The number of hydrogen-bond acceptors (Lipinski definition) is 5. The minimum absolute atomic E-state index is 0.162. The van der Waals surface area contributed by atoms with E-state index in [9.17, 15) is 9.59 Å². The fourth-order valence-electron chi connectivity index (χ4n) is 2.13. The average Bonchev–Trinajstić information content (AvgIpc) is 2.70. The maximum absolute atomic E-state index is 12.1. The van der Waals surface area contributed by atoms with Gasteiger partial charge in [-0.2, -0.15) is 0 Å². The second kappa shape index (κ2) is 9.16. The van der Waals surface area contributed by atoms with Crippen molar-refractivity contribution in [3.8, 4) is 0 Å². The summed E-state index contributed by atoms with van der Waals surface area (Å²) >= 11 is 7.25. The van der Waals surface area contributed by atoms with Crippen LogP contribution in [-0.4, -0.2) is 27.8 Å². The first-order valence-corrected chi connectivity index (χ1v) is 9.35. The van der Waals surface area contributed by atoms with E-state index in [1.165, 1.54) is 11.8 Å². The largest absolute Gasteiger partial charge is 0.324 e. The highest BCUT2D eigenvalue weighted by Crippen LogP contribution is 2.21. The Morgan fingerprint density at radius 2 is 1.63 bits per heavy atom. The molecule has 0 fully saturated rings. The number of thioether (sulfide) groups is 1. The second-order valence-electron chi connectivity index (χ2n) is 5.39. The van der Waals surface area contributed by atoms with Gasteiger partial charge in [-0.15, -0.1) is 10.2 Å². The van der Waals surface area contributed by atoms with Gasteiger partial charge in [0.25, 0.3) is 5.91 Å². The van der Waals surface area contributed by atoms with Crippen molar-refractivity contribution < 1.29 is 9.59 Å². The number of para-hydroxylation sites is 1. The number of anilines is 2. The number of rotatable bonds is 6. The molecule has 0 atom stereocenters. The van der Waals surface area contributed by atoms with Crippen LogP contribution >= 0.6 is 23.4 Å². The Kier molecular flexibility index (Phi) is 6.40. The summed E-state index contributed by atoms with van der Waals surface area (Å²) in [4.78, 5) is 24.1. The number of amides is 2. The molecule has 0 spiro atoms. The van der Waals surface area contributed by atoms with E-state index in [0.29, 0.717) is 27.1 Å². The minimum atomic E-state index is -0.260. The molecule has 8 heteroatoms. The van der Waals surface area contributed by atoms with Gasteiger partial charge in [-0.25, -0.2) is 0 Å². The van der Waals surface area contributed by atoms with Gasteiger partial charge >= 0.3 is 0 Å². The molecule has 0 saturated carbocycles. The lowest BCUT2D eigenvalue weighted by Crippen LogP contribution is -2.15. The third-order valence-electron chi connectivity index (χ3n) is 3.42. The van der Waals surface area contributed by atoms with Gasteiger partial charge in [-0.1, -0.05) is 53.7 Å². The molecule has 0 bridgehead atoms. The van der Waals surface area contributed by atoms with Gasteiger partial charge in [0.15, 0.2) is 5.82 Å². The normalized spacial score (nSPS) is 10.3. The standard InChI is InChI=1S/C19H15ClN4O2S/c20-14-8-4-5-9-15(14)21-17(25)12-27-18-11-10-16(23-24-18)22-19(26)13-6-2-1-3-7-13/h1-11H,12H2,(H,21,25)(H,22,23,26). The van der Waals surface area contributed by atoms with Crippen LogP contribution < -0.4 is 10.6 Å². The van der Waals surface area contributed by atoms with E-state index in [2.05, 4.69) is 20.8 Å². The van der Waals surface area contributed by atoms with Crippen LogP contribution in [0.2, 0.25) is 5.02 Å². The van der Waals surface area contributed by atoms with Crippen LogP contribution in [-0.2, 0) is 4.79 Å². The molecule has 0 aliphatic carbocycles. The summed E-state index contributed by atoms with van der Waals surface area (Å²) < 4.78 is 0. The topological polar surface area (TPSA) is 84.0 Å². The fourth-order valence-corrected chi connectivity index (χ4v) is 2.93. The van der Waals surface area contributed by atoms with Gasteiger partial charge in [0.2, 0.25) is 5.91 Å². The summed E-state index contributed by atoms with van der Waals surface area (Å²) in [6, 6.07) is 19.2. The smallest absolute Gasteiger partial charge is 0.256 e. The van der Waals surface area contributed by atoms with Crippen molar-refractivity contribution in [3.05, 3.63) is 77.3 Å². The average molecular weight is 399 g/mol. The van der Waals surface area contributed by atoms with Gasteiger partial charge in [0.1, 0.15) is 5.03 Å². The lowest BCUT2D eigenvalue weighted by atomic mass is 10.2. The quantitative estimate of drug-likeness (QED) is 0.610. The van der Waals surface area contributed by atoms with Gasteiger partial charge in [-0.3, -0.25) is 9.59 Å². The molecule has 0 unspecified atom stereocenters. The Labute approximate surface area is 165 Å². The Hall–Kier alpha value is -2.90. The first kappa shape index (κ1) is 18.9. The van der Waals surface area contributed by atoms with E-state index in [4.69, 9.17) is 11.6 Å². The van der Waals surface area contributed by atoms with Crippen molar-refractivity contribution in [3.63, 3.8) is 0 Å². The summed E-state index contributed by atoms with van der Waals surface area (Å²) in [5.74, 6) is 0.0461. The highest BCUT2D eigenvalue weighted by Gasteiger charge is 2.09. The minimum Gasteiger partial charge on any atom is -0.324 e. The number of nitrogens with one attached hydrogen (secondary N) is 2. The summed E-state index contributed by atoms with van der Waals surface area (Å²) in [7, 11) is 0. The van der Waals surface area contributed by atoms with Crippen LogP contribution in [0.25, 0.3) is 0 Å². The summed E-state index contributed by atoms with van der Waals surface area (Å²) in [5, 5.41) is 14.4. The number of carbonyl (C=O) groups excluding carboxylic acids is 2. The molecular formula is C19H15ClN4O2S. The molecule has 3 aromatic rings. The molecule has 0 aliphatic rings. The van der Waals surface area contributed by atoms with E-state index < -0.39 is 0 Å². The molecule has 2 aromatic carbocycles. The molecule has 27 heavy (non-hydrogen) atoms. The highest BCUT2D eigenvalue weighted by atomic mass is 35.5. The van der Waals surface area contributed by atoms with Gasteiger partial charge in [0.05, 0.1) is 16.5 Å². The highest BCUT2D eigenvalue weighted by molar-refractivity contribution is 7.99. The summed E-state index contributed by atoms with van der Waals surface area (Å²) in [5.41, 5.74) is 1.10. The van der Waals surface area contributed by atoms with Crippen molar-refractivity contribution in [2.45, 2.75) is 5.03 Å². The van der Waals surface area contributed by atoms with E-state index >= 15 is 0 Å². The zero-order chi connectivity index (χ0) is 19.1. The number of hydrogen-bond donors (Lipinski definition) is 2. The second-order valence-corrected chi connectivity index (χ2v) is 6.80. The first-order valence-electron chi connectivity index (χ1n) is 7.99. The SMILES string of the molecule is O=C(CSc1ccc(NC(=O)c2ccccc2)nn1)Nc1ccccc1Cl. The number of aromatic nitrogens is 2. The van der Waals surface area contributed by atoms with E-state index in [1.54, 1.807) is 60.7 Å². The summed E-state index contributed by atoms with van der Waals surface area (Å²) in [6.07, 6.45) is 0. The lowest BCUT2D eigenvalue weighted by Gasteiger charge is -2.07.